The number of carbonyl (C=O) groups is 1. The van der Waals surface area contributed by atoms with E-state index in [4.69, 9.17) is 4.74 Å². The van der Waals surface area contributed by atoms with Crippen molar-refractivity contribution in [2.75, 3.05) is 32.8 Å². The highest BCUT2D eigenvalue weighted by Crippen LogP contribution is 2.20. The summed E-state index contributed by atoms with van der Waals surface area (Å²) >= 11 is 0. The van der Waals surface area contributed by atoms with Gasteiger partial charge in [0.2, 0.25) is 0 Å². The highest BCUT2D eigenvalue weighted by atomic mass is 16.5. The molecule has 4 heteroatoms. The van der Waals surface area contributed by atoms with E-state index >= 15 is 0 Å². The highest BCUT2D eigenvalue weighted by Gasteiger charge is 2.31. The van der Waals surface area contributed by atoms with E-state index in [0.29, 0.717) is 19.7 Å². The number of carbonyl (C=O) groups excluding carboxylic acids is 1. The van der Waals surface area contributed by atoms with Crippen molar-refractivity contribution in [1.82, 2.24) is 9.80 Å². The van der Waals surface area contributed by atoms with Gasteiger partial charge in [-0.3, -0.25) is 9.69 Å². The zero-order chi connectivity index (χ0) is 18.5. The van der Waals surface area contributed by atoms with E-state index in [1.54, 1.807) is 0 Å². The fourth-order valence-corrected chi connectivity index (χ4v) is 4.09. The van der Waals surface area contributed by atoms with Crippen LogP contribution in [0.4, 0.5) is 0 Å². The van der Waals surface area contributed by atoms with Crippen molar-refractivity contribution in [3.8, 4) is 0 Å². The Morgan fingerprint density at radius 2 is 1.78 bits per heavy atom. The number of amides is 1. The molecule has 1 unspecified atom stereocenters. The number of ether oxygens (including phenoxy) is 1. The summed E-state index contributed by atoms with van der Waals surface area (Å²) in [5.41, 5.74) is 4.02. The minimum Gasteiger partial charge on any atom is -0.366 e. The van der Waals surface area contributed by atoms with Gasteiger partial charge >= 0.3 is 0 Å². The van der Waals surface area contributed by atoms with Gasteiger partial charge < -0.3 is 9.64 Å². The third-order valence-corrected chi connectivity index (χ3v) is 5.65. The largest absolute Gasteiger partial charge is 0.366 e. The summed E-state index contributed by atoms with van der Waals surface area (Å²) in [6.07, 6.45) is 2.82. The summed E-state index contributed by atoms with van der Waals surface area (Å²) in [6, 6.07) is 19.0. The highest BCUT2D eigenvalue weighted by molar-refractivity contribution is 5.81. The van der Waals surface area contributed by atoms with Crippen LogP contribution in [-0.2, 0) is 28.9 Å². The van der Waals surface area contributed by atoms with Gasteiger partial charge in [0, 0.05) is 26.2 Å². The molecule has 2 aliphatic rings. The van der Waals surface area contributed by atoms with E-state index in [1.165, 1.54) is 16.7 Å². The summed E-state index contributed by atoms with van der Waals surface area (Å²) in [4.78, 5) is 17.3. The van der Waals surface area contributed by atoms with Gasteiger partial charge in [-0.1, -0.05) is 54.6 Å². The SMILES string of the molecule is O=C(C1CN(CCCc2ccccc2)CCO1)N1CCc2ccccc2C1. The zero-order valence-corrected chi connectivity index (χ0v) is 15.8. The Balaban J connectivity index is 1.28. The molecule has 27 heavy (non-hydrogen) atoms. The van der Waals surface area contributed by atoms with Gasteiger partial charge in [-0.2, -0.15) is 0 Å². The van der Waals surface area contributed by atoms with Crippen LogP contribution < -0.4 is 0 Å². The molecule has 0 aliphatic carbocycles. The van der Waals surface area contributed by atoms with Crippen LogP contribution in [0, 0.1) is 0 Å². The van der Waals surface area contributed by atoms with Gasteiger partial charge in [0.05, 0.1) is 6.61 Å². The summed E-state index contributed by atoms with van der Waals surface area (Å²) in [7, 11) is 0. The third kappa shape index (κ3) is 4.57. The van der Waals surface area contributed by atoms with Crippen molar-refractivity contribution in [2.24, 2.45) is 0 Å². The average Bonchev–Trinajstić information content (AvgIpc) is 2.74. The van der Waals surface area contributed by atoms with E-state index in [9.17, 15) is 4.79 Å². The number of benzene rings is 2. The summed E-state index contributed by atoms with van der Waals surface area (Å²) in [5, 5.41) is 0. The van der Waals surface area contributed by atoms with Crippen molar-refractivity contribution < 1.29 is 9.53 Å². The molecule has 2 heterocycles. The molecule has 2 aliphatic heterocycles. The molecule has 4 rings (SSSR count). The van der Waals surface area contributed by atoms with E-state index in [-0.39, 0.29) is 12.0 Å². The average molecular weight is 364 g/mol. The maximum atomic E-state index is 13.0. The monoisotopic (exact) mass is 364 g/mol. The number of nitrogens with zero attached hydrogens (tertiary/aromatic N) is 2. The zero-order valence-electron chi connectivity index (χ0n) is 15.8. The van der Waals surface area contributed by atoms with Crippen LogP contribution >= 0.6 is 0 Å². The summed E-state index contributed by atoms with van der Waals surface area (Å²) in [5.74, 6) is 0.150. The second-order valence-electron chi connectivity index (χ2n) is 7.53. The molecule has 0 N–H and O–H groups in total. The fourth-order valence-electron chi connectivity index (χ4n) is 4.09. The van der Waals surface area contributed by atoms with Crippen LogP contribution in [-0.4, -0.2) is 54.6 Å². The predicted octanol–water partition coefficient (Wildman–Crippen LogP) is 2.90. The van der Waals surface area contributed by atoms with Crippen LogP contribution in [0.3, 0.4) is 0 Å². The van der Waals surface area contributed by atoms with E-state index in [2.05, 4.69) is 59.5 Å². The van der Waals surface area contributed by atoms with Crippen LogP contribution in [0.15, 0.2) is 54.6 Å². The minimum absolute atomic E-state index is 0.150. The number of fused-ring (bicyclic) bond motifs is 1. The first-order valence-corrected chi connectivity index (χ1v) is 10.0. The van der Waals surface area contributed by atoms with Gasteiger partial charge in [-0.05, 0) is 42.5 Å². The fraction of sp³-hybridized carbons (Fsp3) is 0.435. The topological polar surface area (TPSA) is 32.8 Å². The van der Waals surface area contributed by atoms with Gasteiger partial charge in [0.1, 0.15) is 6.10 Å². The number of hydrogen-bond acceptors (Lipinski definition) is 3. The molecule has 1 saturated heterocycles. The van der Waals surface area contributed by atoms with Crippen molar-refractivity contribution in [3.63, 3.8) is 0 Å². The summed E-state index contributed by atoms with van der Waals surface area (Å²) in [6.45, 7) is 4.80. The van der Waals surface area contributed by atoms with Crippen molar-refractivity contribution in [3.05, 3.63) is 71.3 Å². The van der Waals surface area contributed by atoms with E-state index in [0.717, 1.165) is 38.9 Å². The maximum absolute atomic E-state index is 13.0. The standard InChI is InChI=1S/C23H28N2O2/c26-23(25-14-12-20-10-4-5-11-21(20)17-25)22-18-24(15-16-27-22)13-6-9-19-7-2-1-3-8-19/h1-5,7-8,10-11,22H,6,9,12-18H2. The molecule has 1 fully saturated rings. The Morgan fingerprint density at radius 1 is 1.00 bits per heavy atom. The first-order valence-electron chi connectivity index (χ1n) is 10.0. The molecule has 4 nitrogen and oxygen atoms in total. The molecule has 1 atom stereocenters. The van der Waals surface area contributed by atoms with Crippen molar-refractivity contribution in [2.45, 2.75) is 31.9 Å². The van der Waals surface area contributed by atoms with Gasteiger partial charge in [0.25, 0.3) is 5.91 Å². The first-order chi connectivity index (χ1) is 13.3. The van der Waals surface area contributed by atoms with E-state index in [1.807, 2.05) is 4.90 Å². The molecule has 0 aromatic heterocycles. The minimum atomic E-state index is -0.319. The summed E-state index contributed by atoms with van der Waals surface area (Å²) < 4.78 is 5.84. The lowest BCUT2D eigenvalue weighted by molar-refractivity contribution is -0.150. The number of hydrogen-bond donors (Lipinski definition) is 0. The molecule has 0 spiro atoms. The molecule has 0 radical (unpaired) electrons. The molecule has 2 aromatic rings. The number of morpholine rings is 1. The van der Waals surface area contributed by atoms with Crippen molar-refractivity contribution >= 4 is 5.91 Å². The van der Waals surface area contributed by atoms with Crippen LogP contribution in [0.2, 0.25) is 0 Å². The second kappa shape index (κ2) is 8.68. The molecule has 1 amide bonds. The Morgan fingerprint density at radius 3 is 2.63 bits per heavy atom. The normalized spacial score (nSPS) is 20.3. The van der Waals surface area contributed by atoms with Gasteiger partial charge in [-0.15, -0.1) is 0 Å². The van der Waals surface area contributed by atoms with E-state index < -0.39 is 0 Å². The lowest BCUT2D eigenvalue weighted by atomic mass is 9.99. The first kappa shape index (κ1) is 18.2. The third-order valence-electron chi connectivity index (χ3n) is 5.65. The Bertz CT molecular complexity index is 762. The Labute approximate surface area is 161 Å². The molecule has 142 valence electrons. The Hall–Kier alpha value is -2.17. The van der Waals surface area contributed by atoms with Gasteiger partial charge in [-0.25, -0.2) is 0 Å². The van der Waals surface area contributed by atoms with Gasteiger partial charge in [0.15, 0.2) is 0 Å². The molecular weight excluding hydrogens is 336 g/mol. The second-order valence-corrected chi connectivity index (χ2v) is 7.53. The lowest BCUT2D eigenvalue weighted by Gasteiger charge is -2.36. The maximum Gasteiger partial charge on any atom is 0.253 e. The Kier molecular flexibility index (Phi) is 5.85. The lowest BCUT2D eigenvalue weighted by Crippen LogP contribution is -2.52. The van der Waals surface area contributed by atoms with Crippen LogP contribution in [0.1, 0.15) is 23.1 Å². The molecule has 0 bridgehead atoms. The van der Waals surface area contributed by atoms with Crippen molar-refractivity contribution in [1.29, 1.82) is 0 Å². The predicted molar refractivity (Wildman–Crippen MR) is 107 cm³/mol. The van der Waals surface area contributed by atoms with Crippen LogP contribution in [0.25, 0.3) is 0 Å². The van der Waals surface area contributed by atoms with Crippen LogP contribution in [0.5, 0.6) is 0 Å². The smallest absolute Gasteiger partial charge is 0.253 e. The number of aryl methyl sites for hydroxylation is 1. The molecular formula is C23H28N2O2. The molecule has 2 aromatic carbocycles. The molecule has 0 saturated carbocycles. The quantitative estimate of drug-likeness (QED) is 0.818. The number of rotatable bonds is 5.